The molecule has 1 aromatic heterocycles. The summed E-state index contributed by atoms with van der Waals surface area (Å²) in [4.78, 5) is 17.0. The topological polar surface area (TPSA) is 53.4 Å². The van der Waals surface area contributed by atoms with Crippen molar-refractivity contribution in [2.45, 2.75) is 25.8 Å². The van der Waals surface area contributed by atoms with Gasteiger partial charge in [-0.1, -0.05) is 0 Å². The summed E-state index contributed by atoms with van der Waals surface area (Å²) in [5.41, 5.74) is 0.958. The molecule has 1 atom stereocenters. The largest absolute Gasteiger partial charge is 0.314 e. The third kappa shape index (κ3) is 2.45. The van der Waals surface area contributed by atoms with Crippen LogP contribution in [0, 0.1) is 6.92 Å². The molecule has 2 aliphatic heterocycles. The molecule has 3 rings (SSSR count). The van der Waals surface area contributed by atoms with Gasteiger partial charge >= 0.3 is 0 Å². The van der Waals surface area contributed by atoms with Gasteiger partial charge < -0.3 is 5.32 Å². The normalized spacial score (nSPS) is 25.2. The molecule has 2 aliphatic rings. The number of piperidine rings is 1. The van der Waals surface area contributed by atoms with Crippen LogP contribution in [0.5, 0.6) is 0 Å². The lowest BCUT2D eigenvalue weighted by Gasteiger charge is -2.39. The van der Waals surface area contributed by atoms with E-state index in [1.54, 1.807) is 0 Å². The highest BCUT2D eigenvalue weighted by Crippen LogP contribution is 2.24. The first-order valence-corrected chi connectivity index (χ1v) is 7.43. The number of nitrogens with zero attached hydrogens (tertiary/aromatic N) is 4. The summed E-state index contributed by atoms with van der Waals surface area (Å²) < 4.78 is 1.81. The third-order valence-electron chi connectivity index (χ3n) is 4.26. The fourth-order valence-electron chi connectivity index (χ4n) is 3.27. The molecule has 110 valence electrons. The van der Waals surface area contributed by atoms with E-state index in [4.69, 9.17) is 0 Å². The number of nitrogens with one attached hydrogen (secondary N) is 1. The highest BCUT2D eigenvalue weighted by Gasteiger charge is 2.35. The summed E-state index contributed by atoms with van der Waals surface area (Å²) in [6, 6.07) is 2.04. The summed E-state index contributed by atoms with van der Waals surface area (Å²) in [5, 5.41) is 7.70. The highest BCUT2D eigenvalue weighted by atomic mass is 16.2. The second-order valence-corrected chi connectivity index (χ2v) is 5.70. The van der Waals surface area contributed by atoms with Gasteiger partial charge in [-0.15, -0.1) is 0 Å². The number of aromatic nitrogens is 2. The van der Waals surface area contributed by atoms with Crippen molar-refractivity contribution < 1.29 is 4.79 Å². The number of anilines is 1. The van der Waals surface area contributed by atoms with E-state index in [9.17, 15) is 4.79 Å². The van der Waals surface area contributed by atoms with E-state index in [-0.39, 0.29) is 11.9 Å². The molecular formula is C14H23N5O. The van der Waals surface area contributed by atoms with Gasteiger partial charge in [0.15, 0.2) is 0 Å². The maximum absolute atomic E-state index is 12.8. The van der Waals surface area contributed by atoms with E-state index >= 15 is 0 Å². The lowest BCUT2D eigenvalue weighted by molar-refractivity contribution is -0.125. The molecule has 2 saturated heterocycles. The van der Waals surface area contributed by atoms with E-state index in [2.05, 4.69) is 15.3 Å². The Morgan fingerprint density at radius 3 is 2.70 bits per heavy atom. The maximum atomic E-state index is 12.8. The lowest BCUT2D eigenvalue weighted by Crippen LogP contribution is -2.57. The molecule has 0 saturated carbocycles. The van der Waals surface area contributed by atoms with Crippen LogP contribution in [-0.2, 0) is 11.8 Å². The molecule has 0 spiro atoms. The summed E-state index contributed by atoms with van der Waals surface area (Å²) in [6.07, 6.45) is 2.04. The summed E-state index contributed by atoms with van der Waals surface area (Å²) in [6.45, 7) is 6.67. The van der Waals surface area contributed by atoms with Crippen LogP contribution in [0.15, 0.2) is 6.07 Å². The van der Waals surface area contributed by atoms with E-state index in [0.717, 1.165) is 57.1 Å². The zero-order chi connectivity index (χ0) is 14.1. The fraction of sp³-hybridized carbons (Fsp3) is 0.714. The summed E-state index contributed by atoms with van der Waals surface area (Å²) in [7, 11) is 1.91. The monoisotopic (exact) mass is 277 g/mol. The van der Waals surface area contributed by atoms with E-state index in [1.165, 1.54) is 0 Å². The van der Waals surface area contributed by atoms with Crippen molar-refractivity contribution in [1.82, 2.24) is 20.0 Å². The highest BCUT2D eigenvalue weighted by molar-refractivity contribution is 5.97. The van der Waals surface area contributed by atoms with Crippen LogP contribution in [0.2, 0.25) is 0 Å². The molecule has 1 aromatic rings. The van der Waals surface area contributed by atoms with Crippen molar-refractivity contribution in [2.75, 3.05) is 37.6 Å². The van der Waals surface area contributed by atoms with Gasteiger partial charge in [-0.3, -0.25) is 19.3 Å². The number of hydrogen-bond acceptors (Lipinski definition) is 4. The average Bonchev–Trinajstić information content (AvgIpc) is 2.79. The molecule has 0 radical (unpaired) electrons. The van der Waals surface area contributed by atoms with Crippen molar-refractivity contribution in [2.24, 2.45) is 7.05 Å². The number of aryl methyl sites for hydroxylation is 2. The molecule has 1 amide bonds. The van der Waals surface area contributed by atoms with Gasteiger partial charge in [0.1, 0.15) is 5.82 Å². The molecule has 3 heterocycles. The van der Waals surface area contributed by atoms with Gasteiger partial charge in [-0.25, -0.2) is 0 Å². The standard InChI is InChI=1S/C14H23N5O/c1-11-10-13(17(2)16-11)19-7-3-4-12(14(19)20)18-8-5-15-6-9-18/h10,12,15H,3-9H2,1-2H3/t12-/m0/s1. The molecule has 6 nitrogen and oxygen atoms in total. The van der Waals surface area contributed by atoms with Crippen molar-refractivity contribution in [3.8, 4) is 0 Å². The molecule has 1 N–H and O–H groups in total. The Kier molecular flexibility index (Phi) is 3.76. The van der Waals surface area contributed by atoms with E-state index in [1.807, 2.05) is 29.6 Å². The molecule has 20 heavy (non-hydrogen) atoms. The van der Waals surface area contributed by atoms with E-state index in [0.29, 0.717) is 0 Å². The predicted molar refractivity (Wildman–Crippen MR) is 77.8 cm³/mol. The third-order valence-corrected chi connectivity index (χ3v) is 4.26. The second kappa shape index (κ2) is 5.54. The summed E-state index contributed by atoms with van der Waals surface area (Å²) >= 11 is 0. The molecule has 0 aliphatic carbocycles. The van der Waals surface area contributed by atoms with Gasteiger partial charge in [0.05, 0.1) is 11.7 Å². The van der Waals surface area contributed by atoms with Crippen molar-refractivity contribution in [3.05, 3.63) is 11.8 Å². The van der Waals surface area contributed by atoms with Crippen LogP contribution in [0.3, 0.4) is 0 Å². The van der Waals surface area contributed by atoms with Gasteiger partial charge in [0.25, 0.3) is 0 Å². The van der Waals surface area contributed by atoms with Crippen LogP contribution in [0.25, 0.3) is 0 Å². The Labute approximate surface area is 119 Å². The zero-order valence-electron chi connectivity index (χ0n) is 12.3. The number of carbonyl (C=O) groups excluding carboxylic acids is 1. The van der Waals surface area contributed by atoms with Crippen molar-refractivity contribution in [1.29, 1.82) is 0 Å². The molecule has 2 fully saturated rings. The number of piperazine rings is 1. The molecule has 0 unspecified atom stereocenters. The Hall–Kier alpha value is -1.40. The molecule has 0 bridgehead atoms. The van der Waals surface area contributed by atoms with Gasteiger partial charge in [-0.2, -0.15) is 5.10 Å². The maximum Gasteiger partial charge on any atom is 0.245 e. The fourth-order valence-corrected chi connectivity index (χ4v) is 3.27. The number of amides is 1. The first-order valence-electron chi connectivity index (χ1n) is 7.43. The van der Waals surface area contributed by atoms with Crippen LogP contribution < -0.4 is 10.2 Å². The SMILES string of the molecule is Cc1cc(N2CCC[C@H](N3CCNCC3)C2=O)n(C)n1. The molecule has 6 heteroatoms. The minimum atomic E-state index is 0.0426. The predicted octanol–water partition coefficient (Wildman–Crippen LogP) is 0.129. The lowest BCUT2D eigenvalue weighted by atomic mass is 10.0. The van der Waals surface area contributed by atoms with Gasteiger partial charge in [0, 0.05) is 45.8 Å². The Morgan fingerprint density at radius 2 is 2.05 bits per heavy atom. The number of rotatable bonds is 2. The number of carbonyl (C=O) groups is 1. The minimum absolute atomic E-state index is 0.0426. The Morgan fingerprint density at radius 1 is 1.30 bits per heavy atom. The second-order valence-electron chi connectivity index (χ2n) is 5.70. The van der Waals surface area contributed by atoms with Crippen LogP contribution in [0.1, 0.15) is 18.5 Å². The first kappa shape index (κ1) is 13.6. The minimum Gasteiger partial charge on any atom is -0.314 e. The molecule has 0 aromatic carbocycles. The smallest absolute Gasteiger partial charge is 0.245 e. The Bertz CT molecular complexity index is 492. The van der Waals surface area contributed by atoms with Gasteiger partial charge in [-0.05, 0) is 19.8 Å². The molecular weight excluding hydrogens is 254 g/mol. The van der Waals surface area contributed by atoms with Crippen LogP contribution in [0.4, 0.5) is 5.82 Å². The number of hydrogen-bond donors (Lipinski definition) is 1. The Balaban J connectivity index is 1.79. The van der Waals surface area contributed by atoms with Crippen molar-refractivity contribution in [3.63, 3.8) is 0 Å². The van der Waals surface area contributed by atoms with Gasteiger partial charge in [0.2, 0.25) is 5.91 Å². The first-order chi connectivity index (χ1) is 9.66. The van der Waals surface area contributed by atoms with Crippen LogP contribution >= 0.6 is 0 Å². The van der Waals surface area contributed by atoms with E-state index < -0.39 is 0 Å². The average molecular weight is 277 g/mol. The van der Waals surface area contributed by atoms with Crippen LogP contribution in [-0.4, -0.2) is 59.4 Å². The quantitative estimate of drug-likeness (QED) is 0.835. The summed E-state index contributed by atoms with van der Waals surface area (Å²) in [5.74, 6) is 1.16. The zero-order valence-corrected chi connectivity index (χ0v) is 12.3. The van der Waals surface area contributed by atoms with Crippen molar-refractivity contribution >= 4 is 11.7 Å².